The van der Waals surface area contributed by atoms with Crippen LogP contribution >= 0.6 is 11.6 Å². The van der Waals surface area contributed by atoms with Crippen molar-refractivity contribution in [3.05, 3.63) is 23.8 Å². The van der Waals surface area contributed by atoms with Crippen molar-refractivity contribution in [1.82, 2.24) is 0 Å². The van der Waals surface area contributed by atoms with Gasteiger partial charge in [0.15, 0.2) is 0 Å². The molecule has 0 spiro atoms. The summed E-state index contributed by atoms with van der Waals surface area (Å²) >= 11 is 5.53. The van der Waals surface area contributed by atoms with Crippen LogP contribution in [0.4, 0.5) is 0 Å². The molecule has 0 bridgehead atoms. The predicted molar refractivity (Wildman–Crippen MR) is 58.5 cm³/mol. The van der Waals surface area contributed by atoms with E-state index in [9.17, 15) is 0 Å². The second-order valence-electron chi connectivity index (χ2n) is 2.90. The molecule has 0 amide bonds. The fraction of sp³-hybridized carbons (Fsp3) is 0.364. The highest BCUT2D eigenvalue weighted by atomic mass is 35.5. The lowest BCUT2D eigenvalue weighted by Crippen LogP contribution is -1.98. The number of methoxy groups -OCH3 is 1. The van der Waals surface area contributed by atoms with Gasteiger partial charge in [0.1, 0.15) is 11.5 Å². The van der Waals surface area contributed by atoms with E-state index in [1.807, 2.05) is 6.07 Å². The number of rotatable bonds is 5. The highest BCUT2D eigenvalue weighted by Crippen LogP contribution is 2.22. The lowest BCUT2D eigenvalue weighted by atomic mass is 10.2. The highest BCUT2D eigenvalue weighted by molar-refractivity contribution is 6.17. The van der Waals surface area contributed by atoms with E-state index < -0.39 is 0 Å². The van der Waals surface area contributed by atoms with E-state index in [-0.39, 0.29) is 0 Å². The zero-order valence-electron chi connectivity index (χ0n) is 8.50. The Labute approximate surface area is 94.2 Å². The summed E-state index contributed by atoms with van der Waals surface area (Å²) in [7, 11) is 1.55. The molecule has 0 saturated heterocycles. The number of nitriles is 1. The standard InChI is InChI=1S/C11H12ClNO2/c1-14-10-5-9(8-13)6-11(7-10)15-4-2-3-12/h5-7H,2-4H2,1H3. The third-order valence-corrected chi connectivity index (χ3v) is 2.06. The van der Waals surface area contributed by atoms with Crippen LogP contribution in [0.5, 0.6) is 11.5 Å². The summed E-state index contributed by atoms with van der Waals surface area (Å²) in [4.78, 5) is 0. The summed E-state index contributed by atoms with van der Waals surface area (Å²) in [5.41, 5.74) is 0.523. The van der Waals surface area contributed by atoms with Crippen LogP contribution < -0.4 is 9.47 Å². The van der Waals surface area contributed by atoms with Crippen molar-refractivity contribution in [3.8, 4) is 17.6 Å². The van der Waals surface area contributed by atoms with Crippen LogP contribution in [0.2, 0.25) is 0 Å². The zero-order valence-corrected chi connectivity index (χ0v) is 9.25. The first kappa shape index (κ1) is 11.7. The molecule has 0 aliphatic heterocycles. The van der Waals surface area contributed by atoms with E-state index in [4.69, 9.17) is 26.3 Å². The molecule has 80 valence electrons. The maximum absolute atomic E-state index is 8.77. The first-order valence-corrected chi connectivity index (χ1v) is 5.11. The summed E-state index contributed by atoms with van der Waals surface area (Å²) < 4.78 is 10.5. The van der Waals surface area contributed by atoms with Crippen LogP contribution in [0.15, 0.2) is 18.2 Å². The lowest BCUT2D eigenvalue weighted by molar-refractivity contribution is 0.315. The quantitative estimate of drug-likeness (QED) is 0.571. The predicted octanol–water partition coefficient (Wildman–Crippen LogP) is 2.57. The van der Waals surface area contributed by atoms with Gasteiger partial charge in [-0.15, -0.1) is 11.6 Å². The Bertz CT molecular complexity index is 360. The molecular weight excluding hydrogens is 214 g/mol. The van der Waals surface area contributed by atoms with Gasteiger partial charge in [0.25, 0.3) is 0 Å². The molecule has 0 aromatic heterocycles. The first-order chi connectivity index (χ1) is 7.30. The van der Waals surface area contributed by atoms with Gasteiger partial charge in [-0.25, -0.2) is 0 Å². The van der Waals surface area contributed by atoms with Crippen LogP contribution in [0.1, 0.15) is 12.0 Å². The van der Waals surface area contributed by atoms with Crippen LogP contribution in [0, 0.1) is 11.3 Å². The van der Waals surface area contributed by atoms with E-state index in [2.05, 4.69) is 0 Å². The Hall–Kier alpha value is -1.40. The number of ether oxygens (including phenoxy) is 2. The minimum absolute atomic E-state index is 0.523. The summed E-state index contributed by atoms with van der Waals surface area (Å²) in [6.07, 6.45) is 0.778. The molecule has 15 heavy (non-hydrogen) atoms. The first-order valence-electron chi connectivity index (χ1n) is 4.58. The van der Waals surface area contributed by atoms with Crippen molar-refractivity contribution in [2.75, 3.05) is 19.6 Å². The fourth-order valence-electron chi connectivity index (χ4n) is 1.08. The Kier molecular flexibility index (Phi) is 4.79. The third-order valence-electron chi connectivity index (χ3n) is 1.79. The number of nitrogens with zero attached hydrogens (tertiary/aromatic N) is 1. The molecular formula is C11H12ClNO2. The summed E-state index contributed by atoms with van der Waals surface area (Å²) in [5, 5.41) is 8.77. The normalized spacial score (nSPS) is 9.40. The van der Waals surface area contributed by atoms with Gasteiger partial charge in [-0.1, -0.05) is 0 Å². The minimum Gasteiger partial charge on any atom is -0.497 e. The molecule has 0 radical (unpaired) electrons. The smallest absolute Gasteiger partial charge is 0.124 e. The molecule has 1 rings (SSSR count). The Morgan fingerprint density at radius 1 is 1.33 bits per heavy atom. The molecule has 0 aliphatic carbocycles. The molecule has 0 aliphatic rings. The maximum Gasteiger partial charge on any atom is 0.124 e. The van der Waals surface area contributed by atoms with Gasteiger partial charge in [-0.05, 0) is 18.6 Å². The summed E-state index contributed by atoms with van der Waals surface area (Å²) in [6.45, 7) is 0.543. The van der Waals surface area contributed by atoms with Crippen molar-refractivity contribution >= 4 is 11.6 Å². The highest BCUT2D eigenvalue weighted by Gasteiger charge is 2.01. The minimum atomic E-state index is 0.523. The van der Waals surface area contributed by atoms with E-state index in [1.165, 1.54) is 0 Å². The van der Waals surface area contributed by atoms with E-state index in [1.54, 1.807) is 25.3 Å². The van der Waals surface area contributed by atoms with Crippen LogP contribution in [0.3, 0.4) is 0 Å². The Morgan fingerprint density at radius 3 is 2.67 bits per heavy atom. The molecule has 4 heteroatoms. The number of hydrogen-bond donors (Lipinski definition) is 0. The van der Waals surface area contributed by atoms with Gasteiger partial charge in [0.2, 0.25) is 0 Å². The Balaban J connectivity index is 2.74. The number of benzene rings is 1. The molecule has 3 nitrogen and oxygen atoms in total. The van der Waals surface area contributed by atoms with Crippen LogP contribution in [-0.4, -0.2) is 19.6 Å². The van der Waals surface area contributed by atoms with Gasteiger partial charge in [0.05, 0.1) is 25.3 Å². The zero-order chi connectivity index (χ0) is 11.1. The van der Waals surface area contributed by atoms with Crippen LogP contribution in [-0.2, 0) is 0 Å². The van der Waals surface area contributed by atoms with Crippen molar-refractivity contribution < 1.29 is 9.47 Å². The maximum atomic E-state index is 8.77. The average Bonchev–Trinajstić information content (AvgIpc) is 2.29. The van der Waals surface area contributed by atoms with Gasteiger partial charge >= 0.3 is 0 Å². The van der Waals surface area contributed by atoms with Gasteiger partial charge < -0.3 is 9.47 Å². The molecule has 0 atom stereocenters. The van der Waals surface area contributed by atoms with E-state index >= 15 is 0 Å². The fourth-order valence-corrected chi connectivity index (χ4v) is 1.19. The third kappa shape index (κ3) is 3.69. The average molecular weight is 226 g/mol. The topological polar surface area (TPSA) is 42.2 Å². The summed E-state index contributed by atoms with van der Waals surface area (Å²) in [5.74, 6) is 1.82. The second-order valence-corrected chi connectivity index (χ2v) is 3.28. The number of hydrogen-bond acceptors (Lipinski definition) is 3. The molecule has 0 fully saturated rings. The van der Waals surface area contributed by atoms with Gasteiger partial charge in [0, 0.05) is 11.9 Å². The molecule has 0 N–H and O–H groups in total. The largest absolute Gasteiger partial charge is 0.497 e. The van der Waals surface area contributed by atoms with Crippen molar-refractivity contribution in [3.63, 3.8) is 0 Å². The SMILES string of the molecule is COc1cc(C#N)cc(OCCCCl)c1. The monoisotopic (exact) mass is 225 g/mol. The number of halogens is 1. The van der Waals surface area contributed by atoms with E-state index in [0.717, 1.165) is 6.42 Å². The van der Waals surface area contributed by atoms with Crippen molar-refractivity contribution in [1.29, 1.82) is 5.26 Å². The molecule has 0 saturated carbocycles. The lowest BCUT2D eigenvalue weighted by Gasteiger charge is -2.07. The Morgan fingerprint density at radius 2 is 2.07 bits per heavy atom. The second kappa shape index (κ2) is 6.15. The van der Waals surface area contributed by atoms with Crippen molar-refractivity contribution in [2.45, 2.75) is 6.42 Å². The molecule has 1 aromatic carbocycles. The van der Waals surface area contributed by atoms with Crippen molar-refractivity contribution in [2.24, 2.45) is 0 Å². The number of alkyl halides is 1. The molecule has 1 aromatic rings. The van der Waals surface area contributed by atoms with Crippen LogP contribution in [0.25, 0.3) is 0 Å². The molecule has 0 heterocycles. The van der Waals surface area contributed by atoms with E-state index in [0.29, 0.717) is 29.5 Å². The van der Waals surface area contributed by atoms with Gasteiger partial charge in [-0.2, -0.15) is 5.26 Å². The summed E-state index contributed by atoms with van der Waals surface area (Å²) in [6, 6.07) is 7.13. The van der Waals surface area contributed by atoms with Gasteiger partial charge in [-0.3, -0.25) is 0 Å². The molecule has 0 unspecified atom stereocenters.